The molecule has 0 radical (unpaired) electrons. The molecule has 0 aromatic carbocycles. The first-order valence-corrected chi connectivity index (χ1v) is 8.02. The van der Waals surface area contributed by atoms with Crippen LogP contribution in [0.4, 0.5) is 14.6 Å². The lowest BCUT2D eigenvalue weighted by atomic mass is 10.2. The average Bonchev–Trinajstić information content (AvgIpc) is 2.58. The summed E-state index contributed by atoms with van der Waals surface area (Å²) in [6.45, 7) is 3.86. The Morgan fingerprint density at radius 1 is 1.35 bits per heavy atom. The zero-order valence-electron chi connectivity index (χ0n) is 14.8. The van der Waals surface area contributed by atoms with E-state index in [2.05, 4.69) is 15.3 Å². The molecule has 1 N–H and O–H groups in total. The maximum absolute atomic E-state index is 14.3. The van der Waals surface area contributed by atoms with Crippen LogP contribution >= 0.6 is 0 Å². The summed E-state index contributed by atoms with van der Waals surface area (Å²) >= 11 is 0. The van der Waals surface area contributed by atoms with Crippen LogP contribution in [0.15, 0.2) is 29.2 Å². The third-order valence-electron chi connectivity index (χ3n) is 3.59. The molecule has 0 spiro atoms. The van der Waals surface area contributed by atoms with Crippen molar-refractivity contribution in [2.24, 2.45) is 0 Å². The van der Waals surface area contributed by atoms with E-state index in [4.69, 9.17) is 4.74 Å². The number of carbonyl (C=O) groups excluding carboxylic acids is 1. The van der Waals surface area contributed by atoms with Crippen LogP contribution in [0.3, 0.4) is 0 Å². The molecule has 2 rings (SSSR count). The van der Waals surface area contributed by atoms with Gasteiger partial charge in [0, 0.05) is 17.6 Å². The van der Waals surface area contributed by atoms with Gasteiger partial charge in [-0.05, 0) is 32.9 Å². The third-order valence-corrected chi connectivity index (χ3v) is 3.59. The van der Waals surface area contributed by atoms with E-state index in [1.54, 1.807) is 26.8 Å². The first-order valence-electron chi connectivity index (χ1n) is 8.02. The molecule has 0 atom stereocenters. The first-order chi connectivity index (χ1) is 12.2. The maximum Gasteiger partial charge on any atom is 0.326 e. The number of aromatic nitrogens is 3. The number of halogens is 2. The predicted molar refractivity (Wildman–Crippen MR) is 91.2 cm³/mol. The molecule has 0 fully saturated rings. The van der Waals surface area contributed by atoms with Crippen molar-refractivity contribution in [1.29, 1.82) is 0 Å². The Hall–Kier alpha value is -2.84. The second-order valence-corrected chi connectivity index (χ2v) is 5.67. The molecule has 0 aliphatic carbocycles. The second-order valence-electron chi connectivity index (χ2n) is 5.67. The fourth-order valence-corrected chi connectivity index (χ4v) is 2.26. The van der Waals surface area contributed by atoms with E-state index >= 15 is 0 Å². The highest BCUT2D eigenvalue weighted by atomic mass is 19.3. The summed E-state index contributed by atoms with van der Waals surface area (Å²) in [5, 5.41) is 2.36. The minimum atomic E-state index is -3.29. The number of hydrogen-bond donors (Lipinski definition) is 1. The number of esters is 1. The van der Waals surface area contributed by atoms with E-state index in [0.717, 1.165) is 4.57 Å². The zero-order chi connectivity index (χ0) is 19.3. The lowest BCUT2D eigenvalue weighted by Gasteiger charge is -2.18. The summed E-state index contributed by atoms with van der Waals surface area (Å²) < 4.78 is 34.5. The van der Waals surface area contributed by atoms with Gasteiger partial charge in [0.25, 0.3) is 5.56 Å². The minimum absolute atomic E-state index is 0.179. The molecule has 0 saturated carbocycles. The van der Waals surface area contributed by atoms with Crippen molar-refractivity contribution in [3.8, 4) is 0 Å². The molecular weight excluding hydrogens is 346 g/mol. The number of pyridine rings is 1. The molecule has 7 nitrogen and oxygen atoms in total. The fraction of sp³-hybridized carbons (Fsp3) is 0.412. The molecule has 26 heavy (non-hydrogen) atoms. The molecule has 0 aliphatic heterocycles. The van der Waals surface area contributed by atoms with Gasteiger partial charge in [-0.3, -0.25) is 19.1 Å². The highest BCUT2D eigenvalue weighted by Crippen LogP contribution is 2.26. The van der Waals surface area contributed by atoms with E-state index in [-0.39, 0.29) is 19.0 Å². The molecule has 0 unspecified atom stereocenters. The largest absolute Gasteiger partial charge is 0.465 e. The first kappa shape index (κ1) is 19.5. The van der Waals surface area contributed by atoms with Gasteiger partial charge in [0.05, 0.1) is 13.2 Å². The van der Waals surface area contributed by atoms with E-state index < -0.39 is 29.7 Å². The van der Waals surface area contributed by atoms with Gasteiger partial charge < -0.3 is 10.1 Å². The van der Waals surface area contributed by atoms with Gasteiger partial charge in [-0.25, -0.2) is 4.98 Å². The number of rotatable bonds is 7. The van der Waals surface area contributed by atoms with Gasteiger partial charge in [0.2, 0.25) is 0 Å². The van der Waals surface area contributed by atoms with E-state index in [1.807, 2.05) is 0 Å². The number of hydrogen-bond acceptors (Lipinski definition) is 6. The molecule has 9 heteroatoms. The van der Waals surface area contributed by atoms with E-state index in [0.29, 0.717) is 11.4 Å². The average molecular weight is 366 g/mol. The molecule has 0 amide bonds. The van der Waals surface area contributed by atoms with Gasteiger partial charge in [-0.1, -0.05) is 6.07 Å². The monoisotopic (exact) mass is 366 g/mol. The molecule has 0 aliphatic rings. The van der Waals surface area contributed by atoms with Crippen LogP contribution in [-0.4, -0.2) is 33.7 Å². The standard InChI is InChI=1S/C17H20F2N4O3/c1-4-26-14(24)9-23-12(3)8-20-15(16(23)25)21-10-17(18,19)13-7-5-6-11(2)22-13/h5-8H,4,9-10H2,1-3H3,(H,20,21). The Bertz CT molecular complexity index is 852. The molecule has 2 aromatic heterocycles. The van der Waals surface area contributed by atoms with Gasteiger partial charge >= 0.3 is 11.9 Å². The lowest BCUT2D eigenvalue weighted by molar-refractivity contribution is -0.143. The smallest absolute Gasteiger partial charge is 0.326 e. The van der Waals surface area contributed by atoms with Crippen LogP contribution in [0.5, 0.6) is 0 Å². The van der Waals surface area contributed by atoms with Crippen molar-refractivity contribution in [3.63, 3.8) is 0 Å². The van der Waals surface area contributed by atoms with Crippen LogP contribution in [0.25, 0.3) is 0 Å². The number of nitrogens with zero attached hydrogens (tertiary/aromatic N) is 3. The molecule has 0 saturated heterocycles. The summed E-state index contributed by atoms with van der Waals surface area (Å²) in [6, 6.07) is 4.32. The van der Waals surface area contributed by atoms with Gasteiger partial charge in [-0.15, -0.1) is 0 Å². The summed E-state index contributed by atoms with van der Waals surface area (Å²) in [7, 11) is 0. The molecular formula is C17H20F2N4O3. The quantitative estimate of drug-likeness (QED) is 0.755. The van der Waals surface area contributed by atoms with Crippen LogP contribution in [-0.2, 0) is 22.0 Å². The maximum atomic E-state index is 14.3. The van der Waals surface area contributed by atoms with Gasteiger partial charge in [0.15, 0.2) is 5.82 Å². The van der Waals surface area contributed by atoms with Gasteiger partial charge in [-0.2, -0.15) is 8.78 Å². The van der Waals surface area contributed by atoms with Crippen LogP contribution < -0.4 is 10.9 Å². The Balaban J connectivity index is 2.19. The van der Waals surface area contributed by atoms with Crippen LogP contribution in [0.1, 0.15) is 24.0 Å². The van der Waals surface area contributed by atoms with Crippen LogP contribution in [0.2, 0.25) is 0 Å². The highest BCUT2D eigenvalue weighted by molar-refractivity contribution is 5.69. The topological polar surface area (TPSA) is 86.1 Å². The van der Waals surface area contributed by atoms with E-state index in [9.17, 15) is 18.4 Å². The minimum Gasteiger partial charge on any atom is -0.465 e. The Kier molecular flexibility index (Phi) is 6.01. The number of alkyl halides is 2. The van der Waals surface area contributed by atoms with Crippen molar-refractivity contribution in [1.82, 2.24) is 14.5 Å². The summed E-state index contributed by atoms with van der Waals surface area (Å²) in [4.78, 5) is 31.7. The van der Waals surface area contributed by atoms with Crippen molar-refractivity contribution in [2.45, 2.75) is 33.2 Å². The molecule has 0 bridgehead atoms. The second kappa shape index (κ2) is 8.03. The number of anilines is 1. The lowest BCUT2D eigenvalue weighted by Crippen LogP contribution is -2.33. The number of nitrogens with one attached hydrogen (secondary N) is 1. The Morgan fingerprint density at radius 3 is 2.73 bits per heavy atom. The summed E-state index contributed by atoms with van der Waals surface area (Å²) in [5.74, 6) is -4.16. The van der Waals surface area contributed by atoms with Crippen molar-refractivity contribution >= 4 is 11.8 Å². The van der Waals surface area contributed by atoms with Crippen molar-refractivity contribution < 1.29 is 18.3 Å². The SMILES string of the molecule is CCOC(=O)Cn1c(C)cnc(NCC(F)(F)c2cccc(C)n2)c1=O. The molecule has 2 aromatic rings. The van der Waals surface area contributed by atoms with Crippen LogP contribution in [0, 0.1) is 13.8 Å². The zero-order valence-corrected chi connectivity index (χ0v) is 14.8. The predicted octanol–water partition coefficient (Wildman–Crippen LogP) is 2.02. The third kappa shape index (κ3) is 4.62. The number of aryl methyl sites for hydroxylation is 2. The normalized spacial score (nSPS) is 11.3. The Morgan fingerprint density at radius 2 is 2.08 bits per heavy atom. The molecule has 2 heterocycles. The highest BCUT2D eigenvalue weighted by Gasteiger charge is 2.33. The Labute approximate surface area is 149 Å². The molecule has 140 valence electrons. The number of carbonyl (C=O) groups is 1. The van der Waals surface area contributed by atoms with Crippen molar-refractivity contribution in [2.75, 3.05) is 18.5 Å². The fourth-order valence-electron chi connectivity index (χ4n) is 2.26. The summed E-state index contributed by atoms with van der Waals surface area (Å²) in [5.41, 5.74) is -0.192. The van der Waals surface area contributed by atoms with Gasteiger partial charge in [0.1, 0.15) is 12.2 Å². The summed E-state index contributed by atoms with van der Waals surface area (Å²) in [6.07, 6.45) is 1.33. The van der Waals surface area contributed by atoms with Crippen molar-refractivity contribution in [3.05, 3.63) is 51.8 Å². The number of ether oxygens (including phenoxy) is 1. The van der Waals surface area contributed by atoms with E-state index in [1.165, 1.54) is 18.3 Å².